The third kappa shape index (κ3) is 3.55. The van der Waals surface area contributed by atoms with Gasteiger partial charge in [0.2, 0.25) is 0 Å². The molecule has 152 valence electrons. The minimum atomic E-state index is -0.149. The second kappa shape index (κ2) is 7.88. The van der Waals surface area contributed by atoms with Gasteiger partial charge in [0.05, 0.1) is 12.2 Å². The highest BCUT2D eigenvalue weighted by molar-refractivity contribution is 9.10. The smallest absolute Gasteiger partial charge is 0.269 e. The molecule has 4 aromatic rings. The van der Waals surface area contributed by atoms with Crippen molar-refractivity contribution in [2.45, 2.75) is 6.54 Å². The standard InChI is InChI=1S/C23H16BrN5O2/c24-17-8-4-3-7-16(17)21(30)14-5-1-2-6-15(14)22-25-10-9-18(27-22)19-13-20-23(31)26-11-12-29(20)28-19/h1-10,13H,11-12H2,(H,26,31). The number of hydrogen-bond donors (Lipinski definition) is 1. The van der Waals surface area contributed by atoms with Gasteiger partial charge in [-0.25, -0.2) is 9.97 Å². The number of ketones is 1. The van der Waals surface area contributed by atoms with E-state index in [0.29, 0.717) is 52.7 Å². The van der Waals surface area contributed by atoms with Crippen LogP contribution in [0.25, 0.3) is 22.8 Å². The van der Waals surface area contributed by atoms with Crippen molar-refractivity contribution in [3.8, 4) is 22.8 Å². The van der Waals surface area contributed by atoms with Gasteiger partial charge in [-0.05, 0) is 24.3 Å². The van der Waals surface area contributed by atoms with E-state index in [0.717, 1.165) is 4.47 Å². The van der Waals surface area contributed by atoms with Gasteiger partial charge in [0, 0.05) is 33.9 Å². The van der Waals surface area contributed by atoms with Crippen LogP contribution in [-0.4, -0.2) is 38.0 Å². The van der Waals surface area contributed by atoms with Crippen LogP contribution in [0.15, 0.2) is 71.3 Å². The van der Waals surface area contributed by atoms with Gasteiger partial charge in [0.25, 0.3) is 5.91 Å². The highest BCUT2D eigenvalue weighted by Gasteiger charge is 2.22. The number of aromatic nitrogens is 4. The van der Waals surface area contributed by atoms with E-state index in [1.165, 1.54) is 0 Å². The van der Waals surface area contributed by atoms with Gasteiger partial charge < -0.3 is 5.32 Å². The fourth-order valence-electron chi connectivity index (χ4n) is 3.56. The van der Waals surface area contributed by atoms with E-state index in [-0.39, 0.29) is 11.7 Å². The molecule has 0 bridgehead atoms. The number of carbonyl (C=O) groups excluding carboxylic acids is 2. The molecular weight excluding hydrogens is 458 g/mol. The third-order valence-corrected chi connectivity index (χ3v) is 5.76. The van der Waals surface area contributed by atoms with Gasteiger partial charge in [0.1, 0.15) is 11.4 Å². The van der Waals surface area contributed by atoms with Gasteiger partial charge in [-0.1, -0.05) is 52.3 Å². The molecule has 0 fully saturated rings. The first-order valence-corrected chi connectivity index (χ1v) is 10.5. The third-order valence-electron chi connectivity index (χ3n) is 5.07. The molecule has 0 unspecified atom stereocenters. The number of hydrogen-bond acceptors (Lipinski definition) is 5. The maximum Gasteiger partial charge on any atom is 0.269 e. The fourth-order valence-corrected chi connectivity index (χ4v) is 4.02. The second-order valence-corrected chi connectivity index (χ2v) is 7.87. The minimum absolute atomic E-state index is 0.119. The fraction of sp³-hybridized carbons (Fsp3) is 0.0870. The summed E-state index contributed by atoms with van der Waals surface area (Å²) in [6.07, 6.45) is 1.63. The van der Waals surface area contributed by atoms with E-state index >= 15 is 0 Å². The first-order valence-electron chi connectivity index (χ1n) is 9.70. The van der Waals surface area contributed by atoms with Crippen LogP contribution < -0.4 is 5.32 Å². The highest BCUT2D eigenvalue weighted by Crippen LogP contribution is 2.27. The zero-order valence-corrected chi connectivity index (χ0v) is 17.8. The van der Waals surface area contributed by atoms with Gasteiger partial charge in [-0.3, -0.25) is 14.3 Å². The molecule has 0 saturated heterocycles. The number of fused-ring (bicyclic) bond motifs is 1. The Morgan fingerprint density at radius 3 is 2.58 bits per heavy atom. The molecule has 1 aliphatic heterocycles. The summed E-state index contributed by atoms with van der Waals surface area (Å²) in [6.45, 7) is 1.16. The zero-order chi connectivity index (χ0) is 21.4. The number of nitrogens with zero attached hydrogens (tertiary/aromatic N) is 4. The van der Waals surface area contributed by atoms with Crippen molar-refractivity contribution in [3.05, 3.63) is 88.2 Å². The van der Waals surface area contributed by atoms with E-state index in [9.17, 15) is 9.59 Å². The number of halogens is 1. The van der Waals surface area contributed by atoms with Gasteiger partial charge in [0.15, 0.2) is 11.6 Å². The van der Waals surface area contributed by atoms with E-state index < -0.39 is 0 Å². The molecular formula is C23H16BrN5O2. The van der Waals surface area contributed by atoms with E-state index in [1.54, 1.807) is 35.1 Å². The monoisotopic (exact) mass is 473 g/mol. The molecule has 1 amide bonds. The quantitative estimate of drug-likeness (QED) is 0.456. The van der Waals surface area contributed by atoms with Crippen LogP contribution in [0.4, 0.5) is 0 Å². The topological polar surface area (TPSA) is 89.8 Å². The van der Waals surface area contributed by atoms with Crippen molar-refractivity contribution < 1.29 is 9.59 Å². The molecule has 8 heteroatoms. The van der Waals surface area contributed by atoms with Crippen LogP contribution in [0, 0.1) is 0 Å². The van der Waals surface area contributed by atoms with Crippen molar-refractivity contribution in [2.24, 2.45) is 0 Å². The number of nitrogens with one attached hydrogen (secondary N) is 1. The largest absolute Gasteiger partial charge is 0.349 e. The maximum absolute atomic E-state index is 13.2. The number of amides is 1. The molecule has 0 saturated carbocycles. The van der Waals surface area contributed by atoms with E-state index in [2.05, 4.69) is 36.3 Å². The molecule has 2 aromatic carbocycles. The summed E-state index contributed by atoms with van der Waals surface area (Å²) in [4.78, 5) is 34.4. The predicted molar refractivity (Wildman–Crippen MR) is 119 cm³/mol. The Morgan fingerprint density at radius 2 is 1.77 bits per heavy atom. The normalized spacial score (nSPS) is 12.9. The molecule has 2 aromatic heterocycles. The van der Waals surface area contributed by atoms with Crippen molar-refractivity contribution in [2.75, 3.05) is 6.54 Å². The van der Waals surface area contributed by atoms with E-state index in [4.69, 9.17) is 0 Å². The van der Waals surface area contributed by atoms with Crippen molar-refractivity contribution >= 4 is 27.6 Å². The molecule has 0 spiro atoms. The van der Waals surface area contributed by atoms with Crippen LogP contribution in [0.1, 0.15) is 26.4 Å². The molecule has 5 rings (SSSR count). The lowest BCUT2D eigenvalue weighted by molar-refractivity contribution is 0.0924. The van der Waals surface area contributed by atoms with Crippen LogP contribution in [0.2, 0.25) is 0 Å². The summed E-state index contributed by atoms with van der Waals surface area (Å²) in [7, 11) is 0. The average molecular weight is 474 g/mol. The molecule has 7 nitrogen and oxygen atoms in total. The molecule has 31 heavy (non-hydrogen) atoms. The Morgan fingerprint density at radius 1 is 1.00 bits per heavy atom. The lowest BCUT2D eigenvalue weighted by atomic mass is 9.98. The predicted octanol–water partition coefficient (Wildman–Crippen LogP) is 3.74. The number of benzene rings is 2. The summed E-state index contributed by atoms with van der Waals surface area (Å²) < 4.78 is 2.41. The number of carbonyl (C=O) groups is 2. The molecule has 0 aliphatic carbocycles. The summed E-state index contributed by atoms with van der Waals surface area (Å²) in [5.41, 5.74) is 3.39. The summed E-state index contributed by atoms with van der Waals surface area (Å²) in [6, 6.07) is 18.0. The molecule has 0 radical (unpaired) electrons. The lowest BCUT2D eigenvalue weighted by Gasteiger charge is -2.13. The Labute approximate surface area is 186 Å². The molecule has 1 aliphatic rings. The van der Waals surface area contributed by atoms with Crippen LogP contribution in [0.3, 0.4) is 0 Å². The summed E-state index contributed by atoms with van der Waals surface area (Å²) in [5.74, 6) is 0.152. The summed E-state index contributed by atoms with van der Waals surface area (Å²) >= 11 is 3.45. The van der Waals surface area contributed by atoms with E-state index in [1.807, 2.05) is 36.4 Å². The van der Waals surface area contributed by atoms with Crippen LogP contribution in [-0.2, 0) is 6.54 Å². The lowest BCUT2D eigenvalue weighted by Crippen LogP contribution is -2.35. The highest BCUT2D eigenvalue weighted by atomic mass is 79.9. The Bertz CT molecular complexity index is 1330. The first-order chi connectivity index (χ1) is 15.1. The van der Waals surface area contributed by atoms with Crippen LogP contribution >= 0.6 is 15.9 Å². The molecule has 3 heterocycles. The van der Waals surface area contributed by atoms with Gasteiger partial charge >= 0.3 is 0 Å². The van der Waals surface area contributed by atoms with Crippen molar-refractivity contribution in [3.63, 3.8) is 0 Å². The minimum Gasteiger partial charge on any atom is -0.349 e. The van der Waals surface area contributed by atoms with Gasteiger partial charge in [-0.15, -0.1) is 0 Å². The first kappa shape index (κ1) is 19.3. The number of rotatable bonds is 4. The summed E-state index contributed by atoms with van der Waals surface area (Å²) in [5, 5.41) is 7.32. The zero-order valence-electron chi connectivity index (χ0n) is 16.2. The van der Waals surface area contributed by atoms with Gasteiger partial charge in [-0.2, -0.15) is 5.10 Å². The molecule has 1 N–H and O–H groups in total. The Hall–Kier alpha value is -3.65. The Kier molecular flexibility index (Phi) is 4.91. The van der Waals surface area contributed by atoms with Crippen molar-refractivity contribution in [1.82, 2.24) is 25.1 Å². The Balaban J connectivity index is 1.57. The van der Waals surface area contributed by atoms with Crippen molar-refractivity contribution in [1.29, 1.82) is 0 Å². The molecule has 0 atom stereocenters. The second-order valence-electron chi connectivity index (χ2n) is 7.01. The average Bonchev–Trinajstić information content (AvgIpc) is 3.25. The maximum atomic E-state index is 13.2. The van der Waals surface area contributed by atoms with Crippen LogP contribution in [0.5, 0.6) is 0 Å². The SMILES string of the molecule is O=C(c1ccccc1Br)c1ccccc1-c1nccc(-c2cc3n(n2)CCNC3=O)n1.